The Hall–Kier alpha value is -1.55. The molecule has 0 saturated carbocycles. The summed E-state index contributed by atoms with van der Waals surface area (Å²) in [5.41, 5.74) is 1.04. The van der Waals surface area contributed by atoms with Gasteiger partial charge in [-0.2, -0.15) is 0 Å². The van der Waals surface area contributed by atoms with Gasteiger partial charge in [-0.3, -0.25) is 4.79 Å². The molecular weight excluding hydrogens is 242 g/mol. The molecule has 0 amide bonds. The van der Waals surface area contributed by atoms with Crippen LogP contribution in [0.25, 0.3) is 0 Å². The van der Waals surface area contributed by atoms with Crippen LogP contribution in [0.3, 0.4) is 0 Å². The smallest absolute Gasteiger partial charge is 0.320 e. The van der Waals surface area contributed by atoms with Gasteiger partial charge in [0, 0.05) is 6.54 Å². The molecule has 0 fully saturated rings. The maximum absolute atomic E-state index is 11.1. The van der Waals surface area contributed by atoms with Gasteiger partial charge in [-0.15, -0.1) is 0 Å². The van der Waals surface area contributed by atoms with Crippen LogP contribution in [0.15, 0.2) is 24.3 Å². The second-order valence-corrected chi connectivity index (χ2v) is 5.25. The monoisotopic (exact) mass is 265 g/mol. The molecule has 19 heavy (non-hydrogen) atoms. The molecule has 1 aromatic rings. The van der Waals surface area contributed by atoms with Crippen LogP contribution < -0.4 is 10.1 Å². The molecule has 0 spiro atoms. The number of nitrogens with one attached hydrogen (secondary N) is 1. The lowest BCUT2D eigenvalue weighted by molar-refractivity contribution is -0.140. The summed E-state index contributed by atoms with van der Waals surface area (Å²) in [5.74, 6) is 0.0770. The van der Waals surface area contributed by atoms with Crippen molar-refractivity contribution < 1.29 is 14.6 Å². The van der Waals surface area contributed by atoms with E-state index in [0.29, 0.717) is 6.54 Å². The van der Waals surface area contributed by atoms with Gasteiger partial charge < -0.3 is 15.2 Å². The first kappa shape index (κ1) is 15.5. The van der Waals surface area contributed by atoms with Crippen molar-refractivity contribution in [3.8, 4) is 5.75 Å². The fourth-order valence-corrected chi connectivity index (χ4v) is 1.79. The number of benzene rings is 1. The molecular formula is C15H23NO3. The van der Waals surface area contributed by atoms with E-state index in [1.165, 1.54) is 0 Å². The molecule has 0 bridgehead atoms. The molecule has 4 heteroatoms. The quantitative estimate of drug-likeness (QED) is 0.795. The lowest BCUT2D eigenvalue weighted by Crippen LogP contribution is -2.40. The van der Waals surface area contributed by atoms with Gasteiger partial charge in [0.15, 0.2) is 0 Å². The van der Waals surface area contributed by atoms with Crippen molar-refractivity contribution in [2.75, 3.05) is 0 Å². The zero-order chi connectivity index (χ0) is 14.4. The molecule has 0 aliphatic heterocycles. The van der Waals surface area contributed by atoms with E-state index >= 15 is 0 Å². The molecule has 0 heterocycles. The standard InChI is InChI=1S/C15H23NO3/c1-10(2)14(15(17)18)16-9-12-5-7-13(8-6-12)19-11(3)4/h5-8,10-11,14,16H,9H2,1-4H3,(H,17,18). The highest BCUT2D eigenvalue weighted by Gasteiger charge is 2.20. The molecule has 1 aromatic carbocycles. The Morgan fingerprint density at radius 1 is 1.21 bits per heavy atom. The van der Waals surface area contributed by atoms with Crippen molar-refractivity contribution in [1.82, 2.24) is 5.32 Å². The molecule has 106 valence electrons. The van der Waals surface area contributed by atoms with E-state index in [1.54, 1.807) is 0 Å². The molecule has 0 aliphatic rings. The summed E-state index contributed by atoms with van der Waals surface area (Å²) in [6.07, 6.45) is 0.154. The SMILES string of the molecule is CC(C)Oc1ccc(CNC(C(=O)O)C(C)C)cc1. The number of aliphatic carboxylic acids is 1. The Morgan fingerprint density at radius 2 is 1.79 bits per heavy atom. The number of carbonyl (C=O) groups is 1. The third kappa shape index (κ3) is 5.30. The Morgan fingerprint density at radius 3 is 2.21 bits per heavy atom. The second-order valence-electron chi connectivity index (χ2n) is 5.25. The largest absolute Gasteiger partial charge is 0.491 e. The van der Waals surface area contributed by atoms with Crippen molar-refractivity contribution in [3.63, 3.8) is 0 Å². The van der Waals surface area contributed by atoms with Gasteiger partial charge >= 0.3 is 5.97 Å². The number of carboxylic acids is 1. The van der Waals surface area contributed by atoms with Crippen LogP contribution >= 0.6 is 0 Å². The molecule has 1 rings (SSSR count). The lowest BCUT2D eigenvalue weighted by Gasteiger charge is -2.18. The average Bonchev–Trinajstić information content (AvgIpc) is 2.29. The summed E-state index contributed by atoms with van der Waals surface area (Å²) in [7, 11) is 0. The maximum Gasteiger partial charge on any atom is 0.320 e. The highest BCUT2D eigenvalue weighted by atomic mass is 16.5. The van der Waals surface area contributed by atoms with Crippen LogP contribution in [-0.4, -0.2) is 23.2 Å². The molecule has 4 nitrogen and oxygen atoms in total. The highest BCUT2D eigenvalue weighted by molar-refractivity contribution is 5.73. The van der Waals surface area contributed by atoms with Gasteiger partial charge in [-0.25, -0.2) is 0 Å². The van der Waals surface area contributed by atoms with E-state index in [2.05, 4.69) is 5.32 Å². The Balaban J connectivity index is 2.56. The zero-order valence-electron chi connectivity index (χ0n) is 12.0. The van der Waals surface area contributed by atoms with Crippen LogP contribution in [-0.2, 0) is 11.3 Å². The summed E-state index contributed by atoms with van der Waals surface area (Å²) < 4.78 is 5.56. The van der Waals surface area contributed by atoms with Crippen LogP contribution in [0.4, 0.5) is 0 Å². The second kappa shape index (κ2) is 7.14. The van der Waals surface area contributed by atoms with Crippen LogP contribution in [0, 0.1) is 5.92 Å². The Kier molecular flexibility index (Phi) is 5.83. The van der Waals surface area contributed by atoms with Crippen molar-refractivity contribution in [2.24, 2.45) is 5.92 Å². The molecule has 0 radical (unpaired) electrons. The highest BCUT2D eigenvalue weighted by Crippen LogP contribution is 2.14. The Bertz CT molecular complexity index is 398. The van der Waals surface area contributed by atoms with Crippen LogP contribution in [0.1, 0.15) is 33.3 Å². The van der Waals surface area contributed by atoms with Crippen molar-refractivity contribution in [2.45, 2.75) is 46.4 Å². The summed E-state index contributed by atoms with van der Waals surface area (Å²) in [6, 6.07) is 7.18. The Labute approximate surface area is 114 Å². The molecule has 0 aliphatic carbocycles. The first-order chi connectivity index (χ1) is 8.90. The minimum Gasteiger partial charge on any atom is -0.491 e. The molecule has 0 saturated heterocycles. The van der Waals surface area contributed by atoms with Crippen LogP contribution in [0.2, 0.25) is 0 Å². The van der Waals surface area contributed by atoms with Crippen molar-refractivity contribution in [1.29, 1.82) is 0 Å². The molecule has 2 N–H and O–H groups in total. The summed E-state index contributed by atoms with van der Waals surface area (Å²) >= 11 is 0. The predicted molar refractivity (Wildman–Crippen MR) is 75.3 cm³/mol. The fraction of sp³-hybridized carbons (Fsp3) is 0.533. The number of rotatable bonds is 7. The molecule has 1 unspecified atom stereocenters. The van der Waals surface area contributed by atoms with Crippen molar-refractivity contribution in [3.05, 3.63) is 29.8 Å². The van der Waals surface area contributed by atoms with E-state index < -0.39 is 12.0 Å². The first-order valence-corrected chi connectivity index (χ1v) is 6.62. The number of carboxylic acid groups (broad SMARTS) is 1. The summed E-state index contributed by atoms with van der Waals surface area (Å²) in [6.45, 7) is 8.29. The van der Waals surface area contributed by atoms with E-state index in [0.717, 1.165) is 11.3 Å². The fourth-order valence-electron chi connectivity index (χ4n) is 1.79. The minimum absolute atomic E-state index is 0.0565. The normalized spacial score (nSPS) is 12.7. The first-order valence-electron chi connectivity index (χ1n) is 6.62. The van der Waals surface area contributed by atoms with Gasteiger partial charge in [0.1, 0.15) is 11.8 Å². The predicted octanol–water partition coefficient (Wildman–Crippen LogP) is 2.67. The van der Waals surface area contributed by atoms with Gasteiger partial charge in [0.05, 0.1) is 6.10 Å². The third-order valence-electron chi connectivity index (χ3n) is 2.75. The maximum atomic E-state index is 11.1. The lowest BCUT2D eigenvalue weighted by atomic mass is 10.0. The van der Waals surface area contributed by atoms with Gasteiger partial charge in [0.25, 0.3) is 0 Å². The van der Waals surface area contributed by atoms with Gasteiger partial charge in [0.2, 0.25) is 0 Å². The molecule has 0 aromatic heterocycles. The van der Waals surface area contributed by atoms with E-state index in [1.807, 2.05) is 52.0 Å². The minimum atomic E-state index is -0.810. The van der Waals surface area contributed by atoms with Gasteiger partial charge in [-0.05, 0) is 37.5 Å². The van der Waals surface area contributed by atoms with Crippen LogP contribution in [0.5, 0.6) is 5.75 Å². The van der Waals surface area contributed by atoms with E-state index in [4.69, 9.17) is 9.84 Å². The number of hydrogen-bond acceptors (Lipinski definition) is 3. The average molecular weight is 265 g/mol. The summed E-state index contributed by atoms with van der Waals surface area (Å²) in [4.78, 5) is 11.1. The van der Waals surface area contributed by atoms with Gasteiger partial charge in [-0.1, -0.05) is 26.0 Å². The third-order valence-corrected chi connectivity index (χ3v) is 2.75. The van der Waals surface area contributed by atoms with Crippen molar-refractivity contribution >= 4 is 5.97 Å². The van der Waals surface area contributed by atoms with E-state index in [-0.39, 0.29) is 12.0 Å². The topological polar surface area (TPSA) is 58.6 Å². The number of ether oxygens (including phenoxy) is 1. The zero-order valence-corrected chi connectivity index (χ0v) is 12.0. The summed E-state index contributed by atoms with van der Waals surface area (Å²) in [5, 5.41) is 12.1. The van der Waals surface area contributed by atoms with E-state index in [9.17, 15) is 4.79 Å². The molecule has 1 atom stereocenters. The number of hydrogen-bond donors (Lipinski definition) is 2.